The lowest BCUT2D eigenvalue weighted by Gasteiger charge is -2.14. The van der Waals surface area contributed by atoms with Gasteiger partial charge in [-0.2, -0.15) is 0 Å². The Hall–Kier alpha value is -1.66. The summed E-state index contributed by atoms with van der Waals surface area (Å²) >= 11 is 0. The summed E-state index contributed by atoms with van der Waals surface area (Å²) in [6.07, 6.45) is 1.11. The average Bonchev–Trinajstić information content (AvgIpc) is 2.40. The molecule has 0 spiro atoms. The highest BCUT2D eigenvalue weighted by Gasteiger charge is 2.09. The van der Waals surface area contributed by atoms with Gasteiger partial charge in [-0.15, -0.1) is 5.92 Å². The van der Waals surface area contributed by atoms with E-state index in [4.69, 9.17) is 9.47 Å². The first-order valence-electron chi connectivity index (χ1n) is 6.22. The first-order valence-corrected chi connectivity index (χ1v) is 6.22. The fourth-order valence-electron chi connectivity index (χ4n) is 1.61. The summed E-state index contributed by atoms with van der Waals surface area (Å²) in [5.41, 5.74) is 1.10. The third kappa shape index (κ3) is 4.31. The molecule has 0 aliphatic carbocycles. The van der Waals surface area contributed by atoms with Crippen LogP contribution in [-0.4, -0.2) is 20.3 Å². The molecule has 3 heteroatoms. The molecular weight excluding hydrogens is 226 g/mol. The zero-order valence-corrected chi connectivity index (χ0v) is 11.4. The third-order valence-electron chi connectivity index (χ3n) is 2.49. The van der Waals surface area contributed by atoms with E-state index in [0.717, 1.165) is 36.6 Å². The Labute approximate surface area is 109 Å². The van der Waals surface area contributed by atoms with Crippen LogP contribution in [0.1, 0.15) is 25.8 Å². The molecule has 1 rings (SSSR count). The van der Waals surface area contributed by atoms with Crippen LogP contribution in [-0.2, 0) is 6.54 Å². The topological polar surface area (TPSA) is 30.5 Å². The Bertz CT molecular complexity index is 418. The molecule has 0 saturated carbocycles. The normalized spacial score (nSPS) is 9.50. The van der Waals surface area contributed by atoms with E-state index in [1.807, 2.05) is 18.2 Å². The molecule has 0 radical (unpaired) electrons. The fourth-order valence-corrected chi connectivity index (χ4v) is 1.61. The first-order chi connectivity index (χ1) is 8.83. The van der Waals surface area contributed by atoms with Gasteiger partial charge in [0.25, 0.3) is 0 Å². The van der Waals surface area contributed by atoms with Crippen molar-refractivity contribution >= 4 is 0 Å². The maximum atomic E-state index is 5.69. The van der Waals surface area contributed by atoms with Crippen molar-refractivity contribution < 1.29 is 9.47 Å². The monoisotopic (exact) mass is 247 g/mol. The molecule has 0 unspecified atom stereocenters. The number of nitrogens with one attached hydrogen (secondary N) is 1. The number of ether oxygens (including phenoxy) is 2. The summed E-state index contributed by atoms with van der Waals surface area (Å²) in [5, 5.41) is 3.36. The van der Waals surface area contributed by atoms with E-state index in [1.165, 1.54) is 0 Å². The van der Waals surface area contributed by atoms with E-state index < -0.39 is 0 Å². The highest BCUT2D eigenvalue weighted by molar-refractivity contribution is 5.46. The second-order valence-corrected chi connectivity index (χ2v) is 3.84. The molecule has 0 heterocycles. The largest absolute Gasteiger partial charge is 0.493 e. The molecule has 0 saturated heterocycles. The SMILES string of the molecule is CC#CCOc1c(CNCCC)cccc1OC. The summed E-state index contributed by atoms with van der Waals surface area (Å²) in [5.74, 6) is 7.25. The number of para-hydroxylation sites is 1. The Balaban J connectivity index is 2.81. The van der Waals surface area contributed by atoms with E-state index in [0.29, 0.717) is 6.61 Å². The number of rotatable bonds is 7. The van der Waals surface area contributed by atoms with Crippen LogP contribution in [0.25, 0.3) is 0 Å². The van der Waals surface area contributed by atoms with Gasteiger partial charge in [-0.1, -0.05) is 25.0 Å². The van der Waals surface area contributed by atoms with Crippen LogP contribution in [0.5, 0.6) is 11.5 Å². The quantitative estimate of drug-likeness (QED) is 0.593. The molecule has 0 aliphatic heterocycles. The zero-order chi connectivity index (χ0) is 13.2. The summed E-state index contributed by atoms with van der Waals surface area (Å²) in [6.45, 7) is 6.10. The summed E-state index contributed by atoms with van der Waals surface area (Å²) in [7, 11) is 1.65. The maximum absolute atomic E-state index is 5.69. The smallest absolute Gasteiger partial charge is 0.167 e. The molecule has 1 aromatic rings. The van der Waals surface area contributed by atoms with Gasteiger partial charge >= 0.3 is 0 Å². The average molecular weight is 247 g/mol. The predicted molar refractivity (Wildman–Crippen MR) is 73.9 cm³/mol. The Morgan fingerprint density at radius 3 is 2.83 bits per heavy atom. The van der Waals surface area contributed by atoms with Gasteiger partial charge in [0, 0.05) is 12.1 Å². The van der Waals surface area contributed by atoms with Crippen molar-refractivity contribution in [3.8, 4) is 23.3 Å². The van der Waals surface area contributed by atoms with Crippen LogP contribution < -0.4 is 14.8 Å². The number of benzene rings is 1. The fraction of sp³-hybridized carbons (Fsp3) is 0.467. The lowest BCUT2D eigenvalue weighted by molar-refractivity contribution is 0.326. The predicted octanol–water partition coefficient (Wildman–Crippen LogP) is 2.60. The molecule has 0 bridgehead atoms. The van der Waals surface area contributed by atoms with Gasteiger partial charge in [0.2, 0.25) is 0 Å². The Kier molecular flexibility index (Phi) is 6.75. The molecular formula is C15H21NO2. The Morgan fingerprint density at radius 1 is 1.33 bits per heavy atom. The van der Waals surface area contributed by atoms with Gasteiger partial charge in [0.15, 0.2) is 11.5 Å². The van der Waals surface area contributed by atoms with E-state index in [2.05, 4.69) is 24.1 Å². The van der Waals surface area contributed by atoms with Gasteiger partial charge in [0.1, 0.15) is 6.61 Å². The first kappa shape index (κ1) is 14.4. The van der Waals surface area contributed by atoms with E-state index in [9.17, 15) is 0 Å². The van der Waals surface area contributed by atoms with Crippen molar-refractivity contribution in [2.24, 2.45) is 0 Å². The van der Waals surface area contributed by atoms with Crippen LogP contribution >= 0.6 is 0 Å². The third-order valence-corrected chi connectivity index (χ3v) is 2.49. The van der Waals surface area contributed by atoms with E-state index in [1.54, 1.807) is 14.0 Å². The van der Waals surface area contributed by atoms with E-state index >= 15 is 0 Å². The van der Waals surface area contributed by atoms with Crippen molar-refractivity contribution in [3.05, 3.63) is 23.8 Å². The molecule has 18 heavy (non-hydrogen) atoms. The molecule has 98 valence electrons. The summed E-state index contributed by atoms with van der Waals surface area (Å²) in [6, 6.07) is 5.91. The molecule has 3 nitrogen and oxygen atoms in total. The van der Waals surface area contributed by atoms with Crippen LogP contribution in [0.2, 0.25) is 0 Å². The second kappa shape index (κ2) is 8.43. The van der Waals surface area contributed by atoms with Gasteiger partial charge in [-0.25, -0.2) is 0 Å². The molecule has 1 N–H and O–H groups in total. The number of methoxy groups -OCH3 is 1. The Morgan fingerprint density at radius 2 is 2.17 bits per heavy atom. The van der Waals surface area contributed by atoms with Crippen LogP contribution in [0.3, 0.4) is 0 Å². The van der Waals surface area contributed by atoms with E-state index in [-0.39, 0.29) is 0 Å². The number of hydrogen-bond donors (Lipinski definition) is 1. The molecule has 0 aromatic heterocycles. The van der Waals surface area contributed by atoms with Gasteiger partial charge < -0.3 is 14.8 Å². The highest BCUT2D eigenvalue weighted by atomic mass is 16.5. The highest BCUT2D eigenvalue weighted by Crippen LogP contribution is 2.30. The van der Waals surface area contributed by atoms with Crippen molar-refractivity contribution in [3.63, 3.8) is 0 Å². The summed E-state index contributed by atoms with van der Waals surface area (Å²) < 4.78 is 11.0. The maximum Gasteiger partial charge on any atom is 0.167 e. The lowest BCUT2D eigenvalue weighted by Crippen LogP contribution is -2.15. The standard InChI is InChI=1S/C15H21NO2/c1-4-6-11-18-15-13(12-16-10-5-2)8-7-9-14(15)17-3/h7-9,16H,5,10-12H2,1-3H3. The minimum atomic E-state index is 0.387. The second-order valence-electron chi connectivity index (χ2n) is 3.84. The van der Waals surface area contributed by atoms with Crippen molar-refractivity contribution in [2.75, 3.05) is 20.3 Å². The molecule has 0 aliphatic rings. The number of hydrogen-bond acceptors (Lipinski definition) is 3. The minimum Gasteiger partial charge on any atom is -0.493 e. The zero-order valence-electron chi connectivity index (χ0n) is 11.4. The molecule has 0 amide bonds. The van der Waals surface area contributed by atoms with Crippen LogP contribution in [0.4, 0.5) is 0 Å². The van der Waals surface area contributed by atoms with Crippen molar-refractivity contribution in [2.45, 2.75) is 26.8 Å². The van der Waals surface area contributed by atoms with Gasteiger partial charge in [-0.3, -0.25) is 0 Å². The molecule has 0 fully saturated rings. The van der Waals surface area contributed by atoms with Crippen molar-refractivity contribution in [1.82, 2.24) is 5.32 Å². The molecule has 1 aromatic carbocycles. The van der Waals surface area contributed by atoms with Gasteiger partial charge in [-0.05, 0) is 26.0 Å². The van der Waals surface area contributed by atoms with Crippen molar-refractivity contribution in [1.29, 1.82) is 0 Å². The van der Waals surface area contributed by atoms with Gasteiger partial charge in [0.05, 0.1) is 7.11 Å². The van der Waals surface area contributed by atoms with Crippen LogP contribution in [0, 0.1) is 11.8 Å². The lowest BCUT2D eigenvalue weighted by atomic mass is 10.2. The minimum absolute atomic E-state index is 0.387. The molecule has 0 atom stereocenters. The van der Waals surface area contributed by atoms with Crippen LogP contribution in [0.15, 0.2) is 18.2 Å². The summed E-state index contributed by atoms with van der Waals surface area (Å²) in [4.78, 5) is 0.